The Morgan fingerprint density at radius 1 is 0.962 bits per heavy atom. The van der Waals surface area contributed by atoms with Crippen LogP contribution in [-0.4, -0.2) is 20.3 Å². The van der Waals surface area contributed by atoms with Gasteiger partial charge in [0.2, 0.25) is 0 Å². The molecule has 0 heterocycles. The minimum Gasteiger partial charge on any atom is -0.497 e. The van der Waals surface area contributed by atoms with Crippen molar-refractivity contribution in [3.05, 3.63) is 53.1 Å². The van der Waals surface area contributed by atoms with Crippen molar-refractivity contribution in [3.63, 3.8) is 0 Å². The van der Waals surface area contributed by atoms with Crippen LogP contribution >= 0.6 is 0 Å². The highest BCUT2D eigenvalue weighted by Gasteiger charge is 2.19. The second kappa shape index (κ2) is 8.62. The molecule has 4 nitrogen and oxygen atoms in total. The Balaban J connectivity index is 2.04. The molecule has 0 aliphatic carbocycles. The summed E-state index contributed by atoms with van der Waals surface area (Å²) in [5.74, 6) is 2.04. The van der Waals surface area contributed by atoms with Crippen molar-refractivity contribution in [3.8, 4) is 23.3 Å². The predicted molar refractivity (Wildman–Crippen MR) is 103 cm³/mol. The Bertz CT molecular complexity index is 785. The molecule has 0 radical (unpaired) electrons. The number of nitrogens with zero attached hydrogens (tertiary/aromatic N) is 1. The summed E-state index contributed by atoms with van der Waals surface area (Å²) in [5, 5.41) is 9.19. The van der Waals surface area contributed by atoms with Gasteiger partial charge in [0, 0.05) is 6.07 Å². The van der Waals surface area contributed by atoms with E-state index >= 15 is 0 Å². The maximum atomic E-state index is 9.19. The van der Waals surface area contributed by atoms with Crippen LogP contribution in [0.1, 0.15) is 44.4 Å². The van der Waals surface area contributed by atoms with Gasteiger partial charge < -0.3 is 14.2 Å². The molecule has 4 heteroatoms. The van der Waals surface area contributed by atoms with Gasteiger partial charge in [-0.2, -0.15) is 5.26 Å². The molecule has 0 fully saturated rings. The Labute approximate surface area is 156 Å². The molecular weight excluding hydrogens is 326 g/mol. The van der Waals surface area contributed by atoms with E-state index in [0.717, 1.165) is 12.2 Å². The SMILES string of the molecule is CCc1ccc(OCCOc2cc(OC)ccc2C#N)c(C(C)(C)C)c1. The molecule has 0 atom stereocenters. The van der Waals surface area contributed by atoms with Gasteiger partial charge in [0.05, 0.1) is 12.7 Å². The zero-order chi connectivity index (χ0) is 19.2. The Morgan fingerprint density at radius 2 is 1.65 bits per heavy atom. The molecule has 26 heavy (non-hydrogen) atoms. The molecule has 0 amide bonds. The number of methoxy groups -OCH3 is 1. The molecule has 0 aromatic heterocycles. The Hall–Kier alpha value is -2.67. The molecule has 0 N–H and O–H groups in total. The van der Waals surface area contributed by atoms with Crippen molar-refractivity contribution in [1.82, 2.24) is 0 Å². The molecule has 0 spiro atoms. The summed E-state index contributed by atoms with van der Waals surface area (Å²) < 4.78 is 16.9. The van der Waals surface area contributed by atoms with Gasteiger partial charge in [-0.1, -0.05) is 39.8 Å². The van der Waals surface area contributed by atoms with E-state index in [1.807, 2.05) is 6.07 Å². The number of aryl methyl sites for hydroxylation is 1. The van der Waals surface area contributed by atoms with Crippen molar-refractivity contribution < 1.29 is 14.2 Å². The van der Waals surface area contributed by atoms with Crippen LogP contribution in [0.3, 0.4) is 0 Å². The van der Waals surface area contributed by atoms with Crippen molar-refractivity contribution in [1.29, 1.82) is 5.26 Å². The average Bonchev–Trinajstić information content (AvgIpc) is 2.64. The van der Waals surface area contributed by atoms with E-state index in [-0.39, 0.29) is 5.41 Å². The van der Waals surface area contributed by atoms with E-state index < -0.39 is 0 Å². The lowest BCUT2D eigenvalue weighted by Crippen LogP contribution is -2.16. The lowest BCUT2D eigenvalue weighted by molar-refractivity contribution is 0.213. The van der Waals surface area contributed by atoms with Crippen molar-refractivity contribution in [2.45, 2.75) is 39.5 Å². The first-order valence-electron chi connectivity index (χ1n) is 8.86. The third kappa shape index (κ3) is 4.92. The fourth-order valence-corrected chi connectivity index (χ4v) is 2.65. The number of hydrogen-bond acceptors (Lipinski definition) is 4. The summed E-state index contributed by atoms with van der Waals surface area (Å²) in [6.07, 6.45) is 0.999. The summed E-state index contributed by atoms with van der Waals surface area (Å²) in [5.41, 5.74) is 2.97. The summed E-state index contributed by atoms with van der Waals surface area (Å²) in [6, 6.07) is 13.6. The van der Waals surface area contributed by atoms with Gasteiger partial charge in [-0.05, 0) is 41.2 Å². The maximum Gasteiger partial charge on any atom is 0.140 e. The van der Waals surface area contributed by atoms with Gasteiger partial charge in [-0.25, -0.2) is 0 Å². The number of ether oxygens (including phenoxy) is 3. The quantitative estimate of drug-likeness (QED) is 0.665. The first-order chi connectivity index (χ1) is 12.4. The number of nitriles is 1. The minimum absolute atomic E-state index is 0.00213. The molecule has 138 valence electrons. The Kier molecular flexibility index (Phi) is 6.52. The largest absolute Gasteiger partial charge is 0.497 e. The van der Waals surface area contributed by atoms with Crippen molar-refractivity contribution in [2.75, 3.05) is 20.3 Å². The second-order valence-electron chi connectivity index (χ2n) is 7.10. The van der Waals surface area contributed by atoms with Crippen LogP contribution in [0.4, 0.5) is 0 Å². The Morgan fingerprint density at radius 3 is 2.23 bits per heavy atom. The summed E-state index contributed by atoms with van der Waals surface area (Å²) >= 11 is 0. The van der Waals surface area contributed by atoms with E-state index in [0.29, 0.717) is 30.3 Å². The van der Waals surface area contributed by atoms with Gasteiger partial charge in [0.1, 0.15) is 36.5 Å². The highest BCUT2D eigenvalue weighted by atomic mass is 16.5. The maximum absolute atomic E-state index is 9.19. The molecule has 0 saturated carbocycles. The minimum atomic E-state index is 0.00213. The second-order valence-corrected chi connectivity index (χ2v) is 7.10. The molecule has 2 aromatic rings. The molecule has 2 aromatic carbocycles. The topological polar surface area (TPSA) is 51.5 Å². The van der Waals surface area contributed by atoms with Gasteiger partial charge in [0.15, 0.2) is 0 Å². The zero-order valence-corrected chi connectivity index (χ0v) is 16.3. The first-order valence-corrected chi connectivity index (χ1v) is 8.86. The number of rotatable bonds is 7. The highest BCUT2D eigenvalue weighted by Crippen LogP contribution is 2.32. The van der Waals surface area contributed by atoms with Crippen LogP contribution in [0, 0.1) is 11.3 Å². The molecule has 0 aliphatic heterocycles. The van der Waals surface area contributed by atoms with E-state index in [9.17, 15) is 5.26 Å². The smallest absolute Gasteiger partial charge is 0.140 e. The van der Waals surface area contributed by atoms with E-state index in [4.69, 9.17) is 14.2 Å². The highest BCUT2D eigenvalue weighted by molar-refractivity contribution is 5.47. The summed E-state index contributed by atoms with van der Waals surface area (Å²) in [6.45, 7) is 9.44. The molecule has 2 rings (SSSR count). The van der Waals surface area contributed by atoms with Gasteiger partial charge in [-0.15, -0.1) is 0 Å². The fraction of sp³-hybridized carbons (Fsp3) is 0.409. The van der Waals surface area contributed by atoms with Crippen molar-refractivity contribution >= 4 is 0 Å². The fourth-order valence-electron chi connectivity index (χ4n) is 2.65. The van der Waals surface area contributed by atoms with Crippen LogP contribution in [0.15, 0.2) is 36.4 Å². The number of hydrogen-bond donors (Lipinski definition) is 0. The molecule has 0 unspecified atom stereocenters. The lowest BCUT2D eigenvalue weighted by Gasteiger charge is -2.23. The van der Waals surface area contributed by atoms with Crippen LogP contribution < -0.4 is 14.2 Å². The van der Waals surface area contributed by atoms with Gasteiger partial charge in [-0.3, -0.25) is 0 Å². The average molecular weight is 353 g/mol. The van der Waals surface area contributed by atoms with Gasteiger partial charge in [0.25, 0.3) is 0 Å². The summed E-state index contributed by atoms with van der Waals surface area (Å²) in [4.78, 5) is 0. The van der Waals surface area contributed by atoms with E-state index in [2.05, 4.69) is 45.9 Å². The van der Waals surface area contributed by atoms with E-state index in [1.54, 1.807) is 25.3 Å². The van der Waals surface area contributed by atoms with Gasteiger partial charge >= 0.3 is 0 Å². The lowest BCUT2D eigenvalue weighted by atomic mass is 9.85. The van der Waals surface area contributed by atoms with E-state index in [1.165, 1.54) is 11.1 Å². The van der Waals surface area contributed by atoms with Crippen molar-refractivity contribution in [2.24, 2.45) is 0 Å². The third-order valence-corrected chi connectivity index (χ3v) is 4.17. The van der Waals surface area contributed by atoms with Crippen LogP contribution in [0.25, 0.3) is 0 Å². The number of benzene rings is 2. The zero-order valence-electron chi connectivity index (χ0n) is 16.3. The first kappa shape index (κ1) is 19.7. The molecule has 0 bridgehead atoms. The molecule has 0 saturated heterocycles. The normalized spacial score (nSPS) is 10.9. The van der Waals surface area contributed by atoms with Crippen LogP contribution in [0.2, 0.25) is 0 Å². The van der Waals surface area contributed by atoms with Crippen LogP contribution in [-0.2, 0) is 11.8 Å². The van der Waals surface area contributed by atoms with Crippen LogP contribution in [0.5, 0.6) is 17.2 Å². The predicted octanol–water partition coefficient (Wildman–Crippen LogP) is 4.88. The third-order valence-electron chi connectivity index (χ3n) is 4.17. The molecule has 0 aliphatic rings. The molecular formula is C22H27NO3. The summed E-state index contributed by atoms with van der Waals surface area (Å²) in [7, 11) is 1.59. The monoisotopic (exact) mass is 353 g/mol. The standard InChI is InChI=1S/C22H27NO3/c1-6-16-7-10-20(19(13-16)22(2,3)4)25-11-12-26-21-14-18(24-5)9-8-17(21)15-23/h7-10,13-14H,6,11-12H2,1-5H3.